The van der Waals surface area contributed by atoms with Crippen molar-refractivity contribution in [1.82, 2.24) is 20.2 Å². The van der Waals surface area contributed by atoms with Gasteiger partial charge < -0.3 is 20.6 Å². The van der Waals surface area contributed by atoms with Crippen molar-refractivity contribution in [3.8, 4) is 0 Å². The van der Waals surface area contributed by atoms with Gasteiger partial charge in [0.15, 0.2) is 4.34 Å². The Morgan fingerprint density at radius 1 is 1.07 bits per heavy atom. The Morgan fingerprint density at radius 2 is 1.86 bits per heavy atom. The van der Waals surface area contributed by atoms with E-state index in [1.165, 1.54) is 23.1 Å². The number of imidazole rings is 1. The molecule has 0 fully saturated rings. The van der Waals surface area contributed by atoms with Crippen molar-refractivity contribution in [1.29, 1.82) is 0 Å². The van der Waals surface area contributed by atoms with Crippen LogP contribution in [0.3, 0.4) is 0 Å². The number of rotatable bonds is 6. The van der Waals surface area contributed by atoms with Gasteiger partial charge in [0.2, 0.25) is 11.0 Å². The van der Waals surface area contributed by atoms with E-state index in [0.717, 1.165) is 5.69 Å². The number of carbonyl (C=O) groups excluding carboxylic acids is 1. The molecule has 4 N–H and O–H groups in total. The summed E-state index contributed by atoms with van der Waals surface area (Å²) >= 11 is 2.73. The van der Waals surface area contributed by atoms with E-state index in [2.05, 4.69) is 30.8 Å². The number of nitrogens with zero attached hydrogens (tertiary/aromatic N) is 2. The lowest BCUT2D eigenvalue weighted by atomic mass is 10.2. The molecular weight excluding hydrogens is 396 g/mol. The lowest BCUT2D eigenvalue weighted by Gasteiger charge is -2.10. The molecule has 10 heteroatoms. The third-order valence-electron chi connectivity index (χ3n) is 3.86. The topological polar surface area (TPSA) is 116 Å². The summed E-state index contributed by atoms with van der Waals surface area (Å²) in [7, 11) is 0. The first-order chi connectivity index (χ1) is 13.6. The highest BCUT2D eigenvalue weighted by molar-refractivity contribution is 8.02. The number of thioether (sulfide) groups is 1. The van der Waals surface area contributed by atoms with Crippen LogP contribution in [0.2, 0.25) is 0 Å². The molecule has 0 aliphatic carbocycles. The third-order valence-corrected chi connectivity index (χ3v) is 5.88. The third kappa shape index (κ3) is 4.24. The zero-order valence-corrected chi connectivity index (χ0v) is 16.4. The quantitative estimate of drug-likeness (QED) is 0.360. The van der Waals surface area contributed by atoms with Crippen molar-refractivity contribution in [3.05, 3.63) is 59.0 Å². The highest BCUT2D eigenvalue weighted by atomic mass is 32.2. The summed E-state index contributed by atoms with van der Waals surface area (Å²) in [6.45, 7) is 1.81. The Balaban J connectivity index is 1.38. The van der Waals surface area contributed by atoms with Crippen molar-refractivity contribution in [2.45, 2.75) is 16.5 Å². The fourth-order valence-corrected chi connectivity index (χ4v) is 4.43. The normalized spacial score (nSPS) is 12.0. The van der Waals surface area contributed by atoms with Gasteiger partial charge in [0.1, 0.15) is 0 Å². The number of H-pyrrole nitrogens is 2. The van der Waals surface area contributed by atoms with E-state index in [9.17, 15) is 9.59 Å². The highest BCUT2D eigenvalue weighted by Crippen LogP contribution is 2.30. The van der Waals surface area contributed by atoms with Crippen LogP contribution in [0.1, 0.15) is 6.92 Å². The molecule has 0 bridgehead atoms. The maximum Gasteiger partial charge on any atom is 0.323 e. The van der Waals surface area contributed by atoms with Crippen LogP contribution < -0.4 is 16.3 Å². The number of fused-ring (bicyclic) bond motifs is 1. The predicted molar refractivity (Wildman–Crippen MR) is 113 cm³/mol. The van der Waals surface area contributed by atoms with E-state index in [0.29, 0.717) is 26.2 Å². The summed E-state index contributed by atoms with van der Waals surface area (Å²) in [5.41, 5.74) is 2.60. The Kier molecular flexibility index (Phi) is 5.13. The monoisotopic (exact) mass is 412 g/mol. The number of para-hydroxylation sites is 1. The zero-order chi connectivity index (χ0) is 19.5. The van der Waals surface area contributed by atoms with E-state index < -0.39 is 0 Å². The second-order valence-corrected chi connectivity index (χ2v) is 8.52. The molecule has 4 rings (SSSR count). The van der Waals surface area contributed by atoms with Crippen molar-refractivity contribution >= 4 is 56.5 Å². The number of benzene rings is 2. The molecule has 0 aliphatic rings. The average molecular weight is 413 g/mol. The van der Waals surface area contributed by atoms with Crippen molar-refractivity contribution in [2.24, 2.45) is 0 Å². The van der Waals surface area contributed by atoms with Gasteiger partial charge in [-0.3, -0.25) is 4.79 Å². The lowest BCUT2D eigenvalue weighted by Crippen LogP contribution is -2.22. The van der Waals surface area contributed by atoms with E-state index >= 15 is 0 Å². The Hall–Kier alpha value is -3.11. The molecule has 0 saturated heterocycles. The summed E-state index contributed by atoms with van der Waals surface area (Å²) in [5, 5.41) is 14.6. The first-order valence-electron chi connectivity index (χ1n) is 8.42. The second kappa shape index (κ2) is 7.87. The van der Waals surface area contributed by atoms with Gasteiger partial charge in [-0.1, -0.05) is 41.3 Å². The summed E-state index contributed by atoms with van der Waals surface area (Å²) < 4.78 is 0.700. The summed E-state index contributed by atoms with van der Waals surface area (Å²) in [6, 6.07) is 14.9. The van der Waals surface area contributed by atoms with Crippen LogP contribution in [0.15, 0.2) is 57.7 Å². The molecule has 0 unspecified atom stereocenters. The molecule has 2 heterocycles. The molecule has 1 atom stereocenters. The van der Waals surface area contributed by atoms with E-state index in [-0.39, 0.29) is 16.8 Å². The molecular formula is C18H16N6O2S2. The number of nitrogens with one attached hydrogen (secondary N) is 4. The SMILES string of the molecule is C[C@@H](Sc1nnc(Nc2ccccc2)s1)C(=O)Nc1ccc2[nH]c(=O)[nH]c2c1. The number of hydrogen-bond acceptors (Lipinski definition) is 7. The maximum absolute atomic E-state index is 12.5. The Morgan fingerprint density at radius 3 is 2.68 bits per heavy atom. The van der Waals surface area contributed by atoms with Gasteiger partial charge in [-0.15, -0.1) is 10.2 Å². The van der Waals surface area contributed by atoms with Gasteiger partial charge in [-0.25, -0.2) is 4.79 Å². The number of carbonyl (C=O) groups is 1. The largest absolute Gasteiger partial charge is 0.330 e. The van der Waals surface area contributed by atoms with Crippen LogP contribution in [0.4, 0.5) is 16.5 Å². The molecule has 0 saturated carbocycles. The molecule has 2 aromatic carbocycles. The van der Waals surface area contributed by atoms with Gasteiger partial charge >= 0.3 is 5.69 Å². The smallest absolute Gasteiger partial charge is 0.323 e. The number of aromatic nitrogens is 4. The first-order valence-corrected chi connectivity index (χ1v) is 10.1. The van der Waals surface area contributed by atoms with Gasteiger partial charge in [0, 0.05) is 11.4 Å². The molecule has 0 spiro atoms. The van der Waals surface area contributed by atoms with Crippen LogP contribution in [-0.4, -0.2) is 31.3 Å². The van der Waals surface area contributed by atoms with E-state index in [4.69, 9.17) is 0 Å². The first kappa shape index (κ1) is 18.3. The van der Waals surface area contributed by atoms with Gasteiger partial charge in [0.05, 0.1) is 16.3 Å². The zero-order valence-electron chi connectivity index (χ0n) is 14.7. The van der Waals surface area contributed by atoms with Gasteiger partial charge in [-0.2, -0.15) is 0 Å². The van der Waals surface area contributed by atoms with E-state index in [1.807, 2.05) is 37.3 Å². The lowest BCUT2D eigenvalue weighted by molar-refractivity contribution is -0.115. The fourth-order valence-electron chi connectivity index (χ4n) is 2.51. The highest BCUT2D eigenvalue weighted by Gasteiger charge is 2.18. The van der Waals surface area contributed by atoms with E-state index in [1.54, 1.807) is 18.2 Å². The number of hydrogen-bond donors (Lipinski definition) is 4. The number of amides is 1. The molecule has 0 aliphatic heterocycles. The number of anilines is 3. The second-order valence-electron chi connectivity index (χ2n) is 5.95. The van der Waals surface area contributed by atoms with Crippen molar-refractivity contribution < 1.29 is 4.79 Å². The maximum atomic E-state index is 12.5. The van der Waals surface area contributed by atoms with Gasteiger partial charge in [-0.05, 0) is 37.3 Å². The van der Waals surface area contributed by atoms with Crippen LogP contribution in [0.25, 0.3) is 11.0 Å². The summed E-state index contributed by atoms with van der Waals surface area (Å²) in [5.74, 6) is -0.157. The molecule has 0 radical (unpaired) electrons. The molecule has 8 nitrogen and oxygen atoms in total. The van der Waals surface area contributed by atoms with Crippen LogP contribution >= 0.6 is 23.1 Å². The fraction of sp³-hybridized carbons (Fsp3) is 0.111. The molecule has 1 amide bonds. The van der Waals surface area contributed by atoms with Crippen LogP contribution in [0, 0.1) is 0 Å². The minimum atomic E-state index is -0.363. The Labute approximate surface area is 167 Å². The Bertz CT molecular complexity index is 1170. The minimum Gasteiger partial charge on any atom is -0.330 e. The minimum absolute atomic E-state index is 0.157. The van der Waals surface area contributed by atoms with Crippen LogP contribution in [0.5, 0.6) is 0 Å². The number of aromatic amines is 2. The summed E-state index contributed by atoms with van der Waals surface area (Å²) in [6.07, 6.45) is 0. The van der Waals surface area contributed by atoms with Crippen molar-refractivity contribution in [3.63, 3.8) is 0 Å². The standard InChI is InChI=1S/C18H16N6O2S2/c1-10(15(25)19-12-7-8-13-14(9-12)22-16(26)21-13)27-18-24-23-17(28-18)20-11-5-3-2-4-6-11/h2-10H,1H3,(H,19,25)(H,20,23)(H2,21,22,26)/t10-/m1/s1. The average Bonchev–Trinajstić information content (AvgIpc) is 3.27. The molecule has 28 heavy (non-hydrogen) atoms. The van der Waals surface area contributed by atoms with Gasteiger partial charge in [0.25, 0.3) is 0 Å². The van der Waals surface area contributed by atoms with Crippen LogP contribution in [-0.2, 0) is 4.79 Å². The molecule has 4 aromatic rings. The predicted octanol–water partition coefficient (Wildman–Crippen LogP) is 3.57. The molecule has 142 valence electrons. The molecule has 2 aromatic heterocycles. The summed E-state index contributed by atoms with van der Waals surface area (Å²) in [4.78, 5) is 29.2. The van der Waals surface area contributed by atoms with Crippen molar-refractivity contribution in [2.75, 3.05) is 10.6 Å².